The molecule has 0 spiro atoms. The van der Waals surface area contributed by atoms with Crippen LogP contribution in [-0.2, 0) is 22.5 Å². The number of esters is 1. The van der Waals surface area contributed by atoms with E-state index in [0.29, 0.717) is 24.9 Å². The molecule has 0 aliphatic carbocycles. The first-order valence-corrected chi connectivity index (χ1v) is 7.21. The van der Waals surface area contributed by atoms with Crippen LogP contribution in [-0.4, -0.2) is 22.8 Å². The van der Waals surface area contributed by atoms with Crippen molar-refractivity contribution in [2.75, 3.05) is 11.9 Å². The molecule has 6 nitrogen and oxygen atoms in total. The van der Waals surface area contributed by atoms with Gasteiger partial charge in [-0.25, -0.2) is 4.79 Å². The highest BCUT2D eigenvalue weighted by molar-refractivity contribution is 5.87. The Morgan fingerprint density at radius 3 is 2.59 bits per heavy atom. The number of aromatic nitrogens is 2. The molecular formula is C16H19N3O3. The molecule has 2 aromatic rings. The molecular weight excluding hydrogens is 282 g/mol. The van der Waals surface area contributed by atoms with Crippen molar-refractivity contribution in [3.05, 3.63) is 47.7 Å². The van der Waals surface area contributed by atoms with Crippen molar-refractivity contribution in [2.45, 2.75) is 26.8 Å². The molecule has 0 radical (unpaired) electrons. The third-order valence-electron chi connectivity index (χ3n) is 2.86. The first-order chi connectivity index (χ1) is 10.7. The summed E-state index contributed by atoms with van der Waals surface area (Å²) < 4.78 is 10.2. The fourth-order valence-corrected chi connectivity index (χ4v) is 1.75. The number of carbonyl (C=O) groups is 1. The van der Waals surface area contributed by atoms with Gasteiger partial charge in [0.25, 0.3) is 0 Å². The number of nitrogens with one attached hydrogen (secondary N) is 1. The minimum absolute atomic E-state index is 0.340. The van der Waals surface area contributed by atoms with E-state index in [1.54, 1.807) is 13.0 Å². The predicted molar refractivity (Wildman–Crippen MR) is 83.1 cm³/mol. The van der Waals surface area contributed by atoms with Gasteiger partial charge in [0, 0.05) is 18.2 Å². The summed E-state index contributed by atoms with van der Waals surface area (Å²) in [5.74, 6) is 0.854. The van der Waals surface area contributed by atoms with E-state index in [1.807, 2.05) is 31.2 Å². The Hall–Kier alpha value is -2.63. The molecule has 1 aromatic heterocycles. The molecule has 1 aromatic carbocycles. The molecule has 0 saturated heterocycles. The van der Waals surface area contributed by atoms with Crippen molar-refractivity contribution in [3.8, 4) is 0 Å². The molecule has 0 amide bonds. The van der Waals surface area contributed by atoms with Gasteiger partial charge in [-0.1, -0.05) is 19.1 Å². The lowest BCUT2D eigenvalue weighted by molar-refractivity contribution is -0.137. The zero-order chi connectivity index (χ0) is 15.8. The van der Waals surface area contributed by atoms with Crippen molar-refractivity contribution in [2.24, 2.45) is 0 Å². The lowest BCUT2D eigenvalue weighted by Gasteiger charge is -2.03. The Morgan fingerprint density at radius 1 is 1.23 bits per heavy atom. The van der Waals surface area contributed by atoms with E-state index in [4.69, 9.17) is 9.15 Å². The van der Waals surface area contributed by atoms with Crippen LogP contribution in [0.4, 0.5) is 5.69 Å². The first kappa shape index (κ1) is 15.8. The van der Waals surface area contributed by atoms with Crippen LogP contribution in [0.1, 0.15) is 31.2 Å². The smallest absolute Gasteiger partial charge is 0.330 e. The quantitative estimate of drug-likeness (QED) is 0.626. The lowest BCUT2D eigenvalue weighted by Crippen LogP contribution is -1.99. The summed E-state index contributed by atoms with van der Waals surface area (Å²) >= 11 is 0. The number of hydrogen-bond acceptors (Lipinski definition) is 6. The predicted octanol–water partition coefficient (Wildman–Crippen LogP) is 2.82. The van der Waals surface area contributed by atoms with Crippen molar-refractivity contribution in [3.63, 3.8) is 0 Å². The highest BCUT2D eigenvalue weighted by atomic mass is 16.5. The zero-order valence-electron chi connectivity index (χ0n) is 12.7. The molecule has 1 N–H and O–H groups in total. The van der Waals surface area contributed by atoms with Crippen LogP contribution in [0.15, 0.2) is 34.8 Å². The van der Waals surface area contributed by atoms with Gasteiger partial charge >= 0.3 is 5.97 Å². The molecule has 6 heteroatoms. The van der Waals surface area contributed by atoms with Gasteiger partial charge in [-0.3, -0.25) is 0 Å². The van der Waals surface area contributed by atoms with Gasteiger partial charge in [0.05, 0.1) is 13.2 Å². The maximum absolute atomic E-state index is 11.2. The number of nitrogens with zero attached hydrogens (tertiary/aromatic N) is 2. The van der Waals surface area contributed by atoms with E-state index in [-0.39, 0.29) is 5.97 Å². The Bertz CT molecular complexity index is 632. The van der Waals surface area contributed by atoms with Gasteiger partial charge in [0.15, 0.2) is 0 Å². The van der Waals surface area contributed by atoms with Gasteiger partial charge in [0.2, 0.25) is 11.8 Å². The largest absolute Gasteiger partial charge is 0.463 e. The van der Waals surface area contributed by atoms with E-state index in [2.05, 4.69) is 15.5 Å². The fourth-order valence-electron chi connectivity index (χ4n) is 1.75. The van der Waals surface area contributed by atoms with E-state index >= 15 is 0 Å². The average molecular weight is 301 g/mol. The third kappa shape index (κ3) is 4.73. The highest BCUT2D eigenvalue weighted by Gasteiger charge is 2.03. The van der Waals surface area contributed by atoms with E-state index in [9.17, 15) is 4.79 Å². The molecule has 0 saturated carbocycles. The minimum atomic E-state index is -0.340. The maximum Gasteiger partial charge on any atom is 0.330 e. The third-order valence-corrected chi connectivity index (χ3v) is 2.86. The Balaban J connectivity index is 1.87. The average Bonchev–Trinajstić information content (AvgIpc) is 3.00. The molecule has 1 heterocycles. The van der Waals surface area contributed by atoms with Crippen LogP contribution in [0.3, 0.4) is 0 Å². The summed E-state index contributed by atoms with van der Waals surface area (Å²) in [5.41, 5.74) is 1.86. The molecule has 0 unspecified atom stereocenters. The van der Waals surface area contributed by atoms with Gasteiger partial charge in [-0.15, -0.1) is 10.2 Å². The van der Waals surface area contributed by atoms with Crippen molar-refractivity contribution >= 4 is 17.7 Å². The van der Waals surface area contributed by atoms with Crippen LogP contribution in [0.5, 0.6) is 0 Å². The monoisotopic (exact) mass is 301 g/mol. The van der Waals surface area contributed by atoms with E-state index in [1.165, 1.54) is 6.08 Å². The number of ether oxygens (including phenoxy) is 1. The molecule has 0 bridgehead atoms. The first-order valence-electron chi connectivity index (χ1n) is 7.21. The summed E-state index contributed by atoms with van der Waals surface area (Å²) in [5, 5.41) is 11.1. The second-order valence-corrected chi connectivity index (χ2v) is 4.50. The summed E-state index contributed by atoms with van der Waals surface area (Å²) in [7, 11) is 0. The SMILES string of the molecule is CCOC(=O)C=Cc1ccc(NCc2nnc(CC)o2)cc1. The summed E-state index contributed by atoms with van der Waals surface area (Å²) in [6.07, 6.45) is 3.86. The summed E-state index contributed by atoms with van der Waals surface area (Å²) in [4.78, 5) is 11.2. The second kappa shape index (κ2) is 7.97. The van der Waals surface area contributed by atoms with Crippen molar-refractivity contribution in [1.29, 1.82) is 0 Å². The molecule has 0 aliphatic heterocycles. The molecule has 2 rings (SSSR count). The molecule has 0 aliphatic rings. The minimum Gasteiger partial charge on any atom is -0.463 e. The molecule has 22 heavy (non-hydrogen) atoms. The maximum atomic E-state index is 11.2. The number of aryl methyl sites for hydroxylation is 1. The normalized spacial score (nSPS) is 10.8. The molecule has 116 valence electrons. The van der Waals surface area contributed by atoms with Crippen molar-refractivity contribution in [1.82, 2.24) is 10.2 Å². The Morgan fingerprint density at radius 2 is 1.95 bits per heavy atom. The summed E-state index contributed by atoms with van der Waals surface area (Å²) in [6.45, 7) is 4.60. The molecule has 0 fully saturated rings. The summed E-state index contributed by atoms with van der Waals surface area (Å²) in [6, 6.07) is 7.65. The Kier molecular flexibility index (Phi) is 5.71. The second-order valence-electron chi connectivity index (χ2n) is 4.50. The van der Waals surface area contributed by atoms with Crippen molar-refractivity contribution < 1.29 is 13.9 Å². The number of hydrogen-bond donors (Lipinski definition) is 1. The number of carbonyl (C=O) groups excluding carboxylic acids is 1. The lowest BCUT2D eigenvalue weighted by atomic mass is 10.2. The number of rotatable bonds is 7. The van der Waals surface area contributed by atoms with E-state index < -0.39 is 0 Å². The van der Waals surface area contributed by atoms with Crippen LogP contribution < -0.4 is 5.32 Å². The van der Waals surface area contributed by atoms with Gasteiger partial charge in [-0.2, -0.15) is 0 Å². The van der Waals surface area contributed by atoms with Gasteiger partial charge in [-0.05, 0) is 30.7 Å². The van der Waals surface area contributed by atoms with E-state index in [0.717, 1.165) is 17.7 Å². The zero-order valence-corrected chi connectivity index (χ0v) is 12.7. The fraction of sp³-hybridized carbons (Fsp3) is 0.312. The molecule has 0 atom stereocenters. The van der Waals surface area contributed by atoms with Crippen LogP contribution in [0.2, 0.25) is 0 Å². The van der Waals surface area contributed by atoms with Gasteiger partial charge in [0.1, 0.15) is 0 Å². The Labute approximate surface area is 129 Å². The topological polar surface area (TPSA) is 77.2 Å². The highest BCUT2D eigenvalue weighted by Crippen LogP contribution is 2.12. The van der Waals surface area contributed by atoms with Crippen LogP contribution >= 0.6 is 0 Å². The van der Waals surface area contributed by atoms with Gasteiger partial charge < -0.3 is 14.5 Å². The van der Waals surface area contributed by atoms with Crippen LogP contribution in [0.25, 0.3) is 6.08 Å². The standard InChI is InChI=1S/C16H19N3O3/c1-3-14-18-19-15(22-14)11-17-13-8-5-12(6-9-13)7-10-16(20)21-4-2/h5-10,17H,3-4,11H2,1-2H3. The number of anilines is 1. The van der Waals surface area contributed by atoms with Crippen LogP contribution in [0, 0.1) is 0 Å². The number of benzene rings is 1.